The van der Waals surface area contributed by atoms with Crippen LogP contribution < -0.4 is 5.30 Å². The van der Waals surface area contributed by atoms with Crippen molar-refractivity contribution in [2.75, 3.05) is 33.9 Å². The summed E-state index contributed by atoms with van der Waals surface area (Å²) in [7, 11) is 0.793. The summed E-state index contributed by atoms with van der Waals surface area (Å²) in [4.78, 5) is 5.39. The van der Waals surface area contributed by atoms with E-state index >= 15 is 0 Å². The number of nitrogens with one attached hydrogen (secondary N) is 1. The zero-order chi connectivity index (χ0) is 16.2. The average molecular weight is 324 g/mol. The van der Waals surface area contributed by atoms with Crippen LogP contribution in [0.5, 0.6) is 0 Å². The van der Waals surface area contributed by atoms with Crippen molar-refractivity contribution >= 4 is 23.8 Å². The van der Waals surface area contributed by atoms with Crippen molar-refractivity contribution in [3.63, 3.8) is 0 Å². The van der Waals surface area contributed by atoms with Crippen molar-refractivity contribution in [1.29, 1.82) is 0 Å². The predicted octanol–water partition coefficient (Wildman–Crippen LogP) is 3.16. The third-order valence-corrected chi connectivity index (χ3v) is 5.65. The van der Waals surface area contributed by atoms with Crippen LogP contribution in [0, 0.1) is 0 Å². The van der Waals surface area contributed by atoms with E-state index in [2.05, 4.69) is 9.88 Å². The normalized spacial score (nSPS) is 12.4. The van der Waals surface area contributed by atoms with Gasteiger partial charge in [0.1, 0.15) is 0 Å². The van der Waals surface area contributed by atoms with E-state index in [9.17, 15) is 4.57 Å². The van der Waals surface area contributed by atoms with Crippen molar-refractivity contribution in [3.8, 4) is 0 Å². The molecule has 0 bridgehead atoms. The van der Waals surface area contributed by atoms with E-state index in [0.29, 0.717) is 18.5 Å². The fourth-order valence-electron chi connectivity index (χ4n) is 2.52. The molecule has 1 aromatic heterocycles. The summed E-state index contributed by atoms with van der Waals surface area (Å²) < 4.78 is 24.2. The lowest BCUT2D eigenvalue weighted by molar-refractivity contribution is 0.230. The zero-order valence-electron chi connectivity index (χ0n) is 13.8. The lowest BCUT2D eigenvalue weighted by Crippen LogP contribution is -2.16. The summed E-state index contributed by atoms with van der Waals surface area (Å²) in [6.07, 6.45) is 2.86. The highest BCUT2D eigenvalue weighted by Crippen LogP contribution is 2.48. The van der Waals surface area contributed by atoms with Gasteiger partial charge in [0.2, 0.25) is 0 Å². The Morgan fingerprint density at radius 2 is 1.86 bits per heavy atom. The fourth-order valence-corrected chi connectivity index (χ4v) is 4.36. The van der Waals surface area contributed by atoms with E-state index in [4.69, 9.17) is 9.05 Å². The predicted molar refractivity (Wildman–Crippen MR) is 91.0 cm³/mol. The van der Waals surface area contributed by atoms with Crippen LogP contribution in [0.15, 0.2) is 24.4 Å². The summed E-state index contributed by atoms with van der Waals surface area (Å²) in [5, 5.41) is 1.62. The Labute approximate surface area is 132 Å². The molecule has 1 aromatic carbocycles. The number of aromatic nitrogens is 1. The van der Waals surface area contributed by atoms with Crippen LogP contribution in [0.3, 0.4) is 0 Å². The van der Waals surface area contributed by atoms with Crippen molar-refractivity contribution < 1.29 is 13.6 Å². The van der Waals surface area contributed by atoms with Gasteiger partial charge < -0.3 is 18.9 Å². The van der Waals surface area contributed by atoms with Crippen molar-refractivity contribution in [2.45, 2.75) is 20.3 Å². The Morgan fingerprint density at radius 1 is 1.18 bits per heavy atom. The lowest BCUT2D eigenvalue weighted by atomic mass is 10.1. The number of fused-ring (bicyclic) bond motifs is 1. The summed E-state index contributed by atoms with van der Waals surface area (Å²) in [5.74, 6) is 0. The maximum absolute atomic E-state index is 13.1. The van der Waals surface area contributed by atoms with Crippen LogP contribution in [0.4, 0.5) is 0 Å². The molecular weight excluding hydrogens is 299 g/mol. The van der Waals surface area contributed by atoms with Gasteiger partial charge >= 0.3 is 7.60 Å². The number of benzene rings is 1. The van der Waals surface area contributed by atoms with Crippen LogP contribution in [0.2, 0.25) is 0 Å². The maximum atomic E-state index is 13.1. The molecule has 0 aliphatic rings. The van der Waals surface area contributed by atoms with Crippen LogP contribution in [-0.2, 0) is 20.0 Å². The molecule has 22 heavy (non-hydrogen) atoms. The molecule has 5 nitrogen and oxygen atoms in total. The molecule has 0 amide bonds. The van der Waals surface area contributed by atoms with Crippen LogP contribution in [0.1, 0.15) is 19.4 Å². The first-order valence-electron chi connectivity index (χ1n) is 7.65. The van der Waals surface area contributed by atoms with E-state index in [1.807, 2.05) is 52.3 Å². The average Bonchev–Trinajstić information content (AvgIpc) is 2.88. The van der Waals surface area contributed by atoms with Gasteiger partial charge in [0, 0.05) is 23.6 Å². The molecule has 0 unspecified atom stereocenters. The van der Waals surface area contributed by atoms with E-state index in [1.54, 1.807) is 0 Å². The van der Waals surface area contributed by atoms with Gasteiger partial charge in [-0.2, -0.15) is 0 Å². The second-order valence-corrected chi connectivity index (χ2v) is 7.39. The van der Waals surface area contributed by atoms with Gasteiger partial charge in [0.25, 0.3) is 0 Å². The molecule has 0 saturated heterocycles. The van der Waals surface area contributed by atoms with E-state index in [0.717, 1.165) is 29.4 Å². The molecule has 0 aliphatic heterocycles. The van der Waals surface area contributed by atoms with E-state index in [1.165, 1.54) is 0 Å². The van der Waals surface area contributed by atoms with Gasteiger partial charge in [0.05, 0.1) is 18.5 Å². The minimum atomic E-state index is -3.29. The molecule has 1 N–H and O–H groups in total. The van der Waals surface area contributed by atoms with Gasteiger partial charge in [-0.3, -0.25) is 4.57 Å². The molecule has 0 fully saturated rings. The molecule has 1 heterocycles. The summed E-state index contributed by atoms with van der Waals surface area (Å²) in [6, 6.07) is 5.72. The third kappa shape index (κ3) is 3.61. The molecule has 122 valence electrons. The molecule has 0 saturated carbocycles. The zero-order valence-corrected chi connectivity index (χ0v) is 14.7. The minimum absolute atomic E-state index is 0.352. The third-order valence-electron chi connectivity index (χ3n) is 3.49. The van der Waals surface area contributed by atoms with Crippen molar-refractivity contribution in [1.82, 2.24) is 9.88 Å². The second kappa shape index (κ2) is 7.42. The molecule has 0 aliphatic carbocycles. The molecular formula is C16H25N2O3P. The van der Waals surface area contributed by atoms with E-state index in [-0.39, 0.29) is 0 Å². The standard InChI is InChI=1S/C16H25N2O3P/c1-5-20-22(19,21-6-2)15-9-7-8-14-16(15)13(12-17-14)10-11-18(3)4/h7-9,12,17H,5-6,10-11H2,1-4H3. The number of aromatic amines is 1. The number of H-pyrrole nitrogens is 1. The van der Waals surface area contributed by atoms with Gasteiger partial charge in [0.15, 0.2) is 0 Å². The molecule has 0 radical (unpaired) electrons. The van der Waals surface area contributed by atoms with Crippen LogP contribution in [-0.4, -0.2) is 43.7 Å². The van der Waals surface area contributed by atoms with Gasteiger partial charge in [-0.25, -0.2) is 0 Å². The topological polar surface area (TPSA) is 54.6 Å². The maximum Gasteiger partial charge on any atom is 0.362 e. The number of hydrogen-bond acceptors (Lipinski definition) is 4. The number of rotatable bonds is 8. The largest absolute Gasteiger partial charge is 0.362 e. The lowest BCUT2D eigenvalue weighted by Gasteiger charge is -2.19. The first-order chi connectivity index (χ1) is 10.5. The van der Waals surface area contributed by atoms with Crippen LogP contribution >= 0.6 is 7.60 Å². The second-order valence-electron chi connectivity index (χ2n) is 5.40. The summed E-state index contributed by atoms with van der Waals surface area (Å²) in [6.45, 7) is 5.29. The Kier molecular flexibility index (Phi) is 5.81. The first kappa shape index (κ1) is 17.2. The molecule has 2 rings (SSSR count). The number of nitrogens with zero attached hydrogens (tertiary/aromatic N) is 1. The summed E-state index contributed by atoms with van der Waals surface area (Å²) >= 11 is 0. The highest BCUT2D eigenvalue weighted by atomic mass is 31.2. The number of hydrogen-bond donors (Lipinski definition) is 1. The highest BCUT2D eigenvalue weighted by molar-refractivity contribution is 7.62. The number of likely N-dealkylation sites (N-methyl/N-ethyl adjacent to an activating group) is 1. The minimum Gasteiger partial charge on any atom is -0.361 e. The van der Waals surface area contributed by atoms with Crippen LogP contribution in [0.25, 0.3) is 10.9 Å². The quantitative estimate of drug-likeness (QED) is 0.758. The van der Waals surface area contributed by atoms with Gasteiger partial charge in [-0.15, -0.1) is 0 Å². The molecule has 6 heteroatoms. The summed E-state index contributed by atoms with van der Waals surface area (Å²) in [5.41, 5.74) is 2.10. The monoisotopic (exact) mass is 324 g/mol. The first-order valence-corrected chi connectivity index (χ1v) is 9.19. The Morgan fingerprint density at radius 3 is 2.45 bits per heavy atom. The molecule has 0 spiro atoms. The van der Waals surface area contributed by atoms with E-state index < -0.39 is 7.60 Å². The van der Waals surface area contributed by atoms with Gasteiger partial charge in [-0.05, 0) is 52.1 Å². The SMILES string of the molecule is CCOP(=O)(OCC)c1cccc2[nH]cc(CCN(C)C)c12. The highest BCUT2D eigenvalue weighted by Gasteiger charge is 2.30. The molecule has 0 atom stereocenters. The Bertz CT molecular complexity index is 656. The van der Waals surface area contributed by atoms with Crippen molar-refractivity contribution in [2.24, 2.45) is 0 Å². The van der Waals surface area contributed by atoms with Crippen molar-refractivity contribution in [3.05, 3.63) is 30.0 Å². The smallest absolute Gasteiger partial charge is 0.361 e. The van der Waals surface area contributed by atoms with Gasteiger partial charge in [-0.1, -0.05) is 6.07 Å². The Balaban J connectivity index is 2.52. The Hall–Kier alpha value is -1.13. The molecule has 2 aromatic rings. The fraction of sp³-hybridized carbons (Fsp3) is 0.500.